The molecule has 1 aromatic carbocycles. The second kappa shape index (κ2) is 5.74. The zero-order valence-electron chi connectivity index (χ0n) is 11.9. The maximum Gasteiger partial charge on any atom is 0.412 e. The molecule has 0 spiro atoms. The van der Waals surface area contributed by atoms with Gasteiger partial charge >= 0.3 is 6.09 Å². The number of anilines is 1. The molecule has 0 bridgehead atoms. The van der Waals surface area contributed by atoms with Crippen LogP contribution >= 0.6 is 0 Å². The number of rotatable bonds is 2. The van der Waals surface area contributed by atoms with Crippen LogP contribution in [-0.2, 0) is 4.74 Å². The Morgan fingerprint density at radius 1 is 1.10 bits per heavy atom. The number of hydrogen-bond donors (Lipinski definition) is 1. The molecule has 1 amide bonds. The Morgan fingerprint density at radius 2 is 1.80 bits per heavy atom. The van der Waals surface area contributed by atoms with Gasteiger partial charge in [0.15, 0.2) is 0 Å². The zero-order chi connectivity index (χ0) is 14.6. The lowest BCUT2D eigenvalue weighted by Gasteiger charge is -2.19. The molecule has 0 saturated heterocycles. The first-order valence-corrected chi connectivity index (χ1v) is 6.44. The van der Waals surface area contributed by atoms with Gasteiger partial charge in [0.05, 0.1) is 0 Å². The Morgan fingerprint density at radius 3 is 2.35 bits per heavy atom. The molecule has 0 fully saturated rings. The molecule has 20 heavy (non-hydrogen) atoms. The van der Waals surface area contributed by atoms with E-state index in [2.05, 4.69) is 10.3 Å². The van der Waals surface area contributed by atoms with Gasteiger partial charge in [-0.3, -0.25) is 10.3 Å². The van der Waals surface area contributed by atoms with E-state index < -0.39 is 11.7 Å². The summed E-state index contributed by atoms with van der Waals surface area (Å²) in [6, 6.07) is 11.4. The summed E-state index contributed by atoms with van der Waals surface area (Å²) < 4.78 is 5.20. The molecule has 2 aromatic rings. The van der Waals surface area contributed by atoms with E-state index in [1.54, 1.807) is 12.4 Å². The summed E-state index contributed by atoms with van der Waals surface area (Å²) in [5.41, 5.74) is 2.29. The van der Waals surface area contributed by atoms with Crippen molar-refractivity contribution in [2.24, 2.45) is 0 Å². The minimum atomic E-state index is -0.500. The van der Waals surface area contributed by atoms with Crippen molar-refractivity contribution < 1.29 is 9.53 Å². The van der Waals surface area contributed by atoms with Crippen molar-refractivity contribution in [3.8, 4) is 11.1 Å². The number of carbonyl (C=O) groups is 1. The van der Waals surface area contributed by atoms with Crippen LogP contribution in [0.2, 0.25) is 0 Å². The van der Waals surface area contributed by atoms with E-state index in [-0.39, 0.29) is 0 Å². The van der Waals surface area contributed by atoms with Crippen LogP contribution in [0.1, 0.15) is 20.8 Å². The van der Waals surface area contributed by atoms with Crippen molar-refractivity contribution in [2.45, 2.75) is 26.4 Å². The molecular weight excluding hydrogens is 252 g/mol. The van der Waals surface area contributed by atoms with E-state index in [1.807, 2.05) is 57.2 Å². The zero-order valence-corrected chi connectivity index (χ0v) is 11.9. The Kier molecular flexibility index (Phi) is 4.03. The van der Waals surface area contributed by atoms with Crippen molar-refractivity contribution in [3.63, 3.8) is 0 Å². The second-order valence-electron chi connectivity index (χ2n) is 5.45. The van der Waals surface area contributed by atoms with Gasteiger partial charge < -0.3 is 4.74 Å². The molecule has 1 N–H and O–H groups in total. The summed E-state index contributed by atoms with van der Waals surface area (Å²) in [5, 5.41) is 2.70. The Hall–Kier alpha value is -2.36. The molecule has 1 heterocycles. The highest BCUT2D eigenvalue weighted by molar-refractivity contribution is 5.85. The second-order valence-corrected chi connectivity index (χ2v) is 5.45. The van der Waals surface area contributed by atoms with Gasteiger partial charge in [0.1, 0.15) is 5.60 Å². The molecule has 0 radical (unpaired) electrons. The van der Waals surface area contributed by atoms with Gasteiger partial charge in [0.2, 0.25) is 0 Å². The van der Waals surface area contributed by atoms with Gasteiger partial charge in [-0.25, -0.2) is 4.79 Å². The summed E-state index contributed by atoms with van der Waals surface area (Å²) >= 11 is 0. The number of benzene rings is 1. The number of pyridine rings is 1. The average molecular weight is 270 g/mol. The van der Waals surface area contributed by atoms with Crippen LogP contribution in [0.3, 0.4) is 0 Å². The number of aromatic nitrogens is 1. The van der Waals surface area contributed by atoms with E-state index in [1.165, 1.54) is 0 Å². The van der Waals surface area contributed by atoms with Gasteiger partial charge in [0, 0.05) is 18.1 Å². The minimum absolute atomic E-state index is 0.452. The van der Waals surface area contributed by atoms with Crippen LogP contribution in [0.25, 0.3) is 11.1 Å². The molecule has 2 rings (SSSR count). The van der Waals surface area contributed by atoms with Crippen molar-refractivity contribution in [1.29, 1.82) is 0 Å². The van der Waals surface area contributed by atoms with Crippen molar-refractivity contribution >= 4 is 11.8 Å². The fourth-order valence-corrected chi connectivity index (χ4v) is 1.70. The molecule has 0 aliphatic rings. The molecule has 4 nitrogen and oxygen atoms in total. The molecule has 0 aliphatic heterocycles. The van der Waals surface area contributed by atoms with Crippen molar-refractivity contribution in [1.82, 2.24) is 4.98 Å². The van der Waals surface area contributed by atoms with Gasteiger partial charge in [-0.2, -0.15) is 0 Å². The lowest BCUT2D eigenvalue weighted by atomic mass is 10.1. The third-order valence-corrected chi connectivity index (χ3v) is 2.53. The van der Waals surface area contributed by atoms with E-state index in [4.69, 9.17) is 4.74 Å². The summed E-state index contributed by atoms with van der Waals surface area (Å²) in [6.45, 7) is 5.49. The topological polar surface area (TPSA) is 51.2 Å². The summed E-state index contributed by atoms with van der Waals surface area (Å²) in [7, 11) is 0. The third kappa shape index (κ3) is 4.09. The first kappa shape index (κ1) is 14.1. The lowest BCUT2D eigenvalue weighted by Crippen LogP contribution is -2.27. The normalized spacial score (nSPS) is 10.9. The number of hydrogen-bond acceptors (Lipinski definition) is 3. The fourth-order valence-electron chi connectivity index (χ4n) is 1.70. The molecule has 0 unspecified atom stereocenters. The molecule has 4 heteroatoms. The highest BCUT2D eigenvalue weighted by Gasteiger charge is 2.16. The van der Waals surface area contributed by atoms with Crippen molar-refractivity contribution in [3.05, 3.63) is 48.8 Å². The first-order valence-electron chi connectivity index (χ1n) is 6.44. The number of carbonyl (C=O) groups excluding carboxylic acids is 1. The Bertz CT molecular complexity index is 572. The maximum atomic E-state index is 11.6. The van der Waals surface area contributed by atoms with Crippen LogP contribution in [0.4, 0.5) is 10.5 Å². The highest BCUT2D eigenvalue weighted by atomic mass is 16.6. The van der Waals surface area contributed by atoms with E-state index >= 15 is 0 Å². The number of nitrogens with zero attached hydrogens (tertiary/aromatic N) is 1. The van der Waals surface area contributed by atoms with E-state index in [9.17, 15) is 4.79 Å². The number of nitrogens with one attached hydrogen (secondary N) is 1. The Labute approximate surface area is 118 Å². The van der Waals surface area contributed by atoms with Gasteiger partial charge in [0.25, 0.3) is 0 Å². The van der Waals surface area contributed by atoms with E-state index in [0.717, 1.165) is 11.1 Å². The predicted molar refractivity (Wildman–Crippen MR) is 79.5 cm³/mol. The minimum Gasteiger partial charge on any atom is -0.444 e. The summed E-state index contributed by atoms with van der Waals surface area (Å²) in [5.74, 6) is 0. The van der Waals surface area contributed by atoms with E-state index in [0.29, 0.717) is 5.69 Å². The number of ether oxygens (including phenoxy) is 1. The fraction of sp³-hybridized carbons (Fsp3) is 0.250. The first-order chi connectivity index (χ1) is 9.44. The van der Waals surface area contributed by atoms with Crippen LogP contribution in [0, 0.1) is 0 Å². The van der Waals surface area contributed by atoms with Crippen molar-refractivity contribution in [2.75, 3.05) is 5.32 Å². The third-order valence-electron chi connectivity index (χ3n) is 2.53. The van der Waals surface area contributed by atoms with Crippen LogP contribution < -0.4 is 5.32 Å². The van der Waals surface area contributed by atoms with Gasteiger partial charge in [-0.05, 0) is 50.1 Å². The Balaban J connectivity index is 2.04. The summed E-state index contributed by atoms with van der Waals surface area (Å²) in [6.07, 6.45) is 3.09. The molecule has 1 aromatic heterocycles. The van der Waals surface area contributed by atoms with Gasteiger partial charge in [-0.1, -0.05) is 18.2 Å². The van der Waals surface area contributed by atoms with Gasteiger partial charge in [-0.15, -0.1) is 0 Å². The smallest absolute Gasteiger partial charge is 0.412 e. The molecule has 104 valence electrons. The standard InChI is InChI=1S/C16H18N2O2/c1-16(2,3)20-15(19)18-14-8-6-12(7-9-14)13-5-4-10-17-11-13/h4-11H,1-3H3,(H,18,19). The molecular formula is C16H18N2O2. The van der Waals surface area contributed by atoms with Crippen LogP contribution in [-0.4, -0.2) is 16.7 Å². The largest absolute Gasteiger partial charge is 0.444 e. The predicted octanol–water partition coefficient (Wildman–Crippen LogP) is 4.10. The SMILES string of the molecule is CC(C)(C)OC(=O)Nc1ccc(-c2cccnc2)cc1. The monoisotopic (exact) mass is 270 g/mol. The lowest BCUT2D eigenvalue weighted by molar-refractivity contribution is 0.0636. The quantitative estimate of drug-likeness (QED) is 0.894. The molecule has 0 saturated carbocycles. The van der Waals surface area contributed by atoms with Crippen LogP contribution in [0.5, 0.6) is 0 Å². The summed E-state index contributed by atoms with van der Waals surface area (Å²) in [4.78, 5) is 15.7. The average Bonchev–Trinajstić information content (AvgIpc) is 2.38. The molecule has 0 atom stereocenters. The highest BCUT2D eigenvalue weighted by Crippen LogP contribution is 2.20. The molecule has 0 aliphatic carbocycles. The maximum absolute atomic E-state index is 11.6. The van der Waals surface area contributed by atoms with Crippen LogP contribution in [0.15, 0.2) is 48.8 Å². The number of amides is 1.